The molecule has 1 aliphatic heterocycles. The number of benzene rings is 1. The van der Waals surface area contributed by atoms with Crippen molar-refractivity contribution < 1.29 is 18.0 Å². The van der Waals surface area contributed by atoms with Crippen molar-refractivity contribution in [1.82, 2.24) is 25.1 Å². The Morgan fingerprint density at radius 2 is 2.07 bits per heavy atom. The van der Waals surface area contributed by atoms with Gasteiger partial charge in [-0.05, 0) is 32.1 Å². The number of fused-ring (bicyclic) bond motifs is 1. The quantitative estimate of drug-likeness (QED) is 0.291. The minimum Gasteiger partial charge on any atom is -0.564 e. The molecule has 0 saturated carbocycles. The summed E-state index contributed by atoms with van der Waals surface area (Å²) in [7, 11) is -0.580. The van der Waals surface area contributed by atoms with E-state index in [1.807, 2.05) is 6.07 Å². The summed E-state index contributed by atoms with van der Waals surface area (Å²) in [6.45, 7) is 13.7. The molecule has 41 heavy (non-hydrogen) atoms. The lowest BCUT2D eigenvalue weighted by atomic mass is 9.83. The van der Waals surface area contributed by atoms with Gasteiger partial charge in [0.15, 0.2) is 5.69 Å². The van der Waals surface area contributed by atoms with Crippen molar-refractivity contribution in [2.75, 3.05) is 30.8 Å². The molecule has 0 saturated heterocycles. The van der Waals surface area contributed by atoms with Gasteiger partial charge in [0.25, 0.3) is 12.3 Å². The van der Waals surface area contributed by atoms with Gasteiger partial charge in [-0.2, -0.15) is 10.4 Å². The third-order valence-corrected chi connectivity index (χ3v) is 12.3. The molecule has 0 aliphatic carbocycles. The molecule has 4 rings (SSSR count). The molecule has 3 N–H and O–H groups in total. The van der Waals surface area contributed by atoms with Crippen molar-refractivity contribution in [3.8, 4) is 17.3 Å². The number of halogens is 2. The number of nitriles is 1. The van der Waals surface area contributed by atoms with Gasteiger partial charge in [0.1, 0.15) is 12.6 Å². The summed E-state index contributed by atoms with van der Waals surface area (Å²) in [5, 5.41) is 22.8. The lowest BCUT2D eigenvalue weighted by Crippen LogP contribution is -2.45. The van der Waals surface area contributed by atoms with Crippen LogP contribution in [0.1, 0.15) is 49.3 Å². The standard InChI is InChI=1S/C28H36F2N8O2Si/c1-27(2,3)41(6,7)40-16-28(4)15-34-23-18(12-31)10-17(11-19(23)28)20-8-9-33-26(35-20)36-21-13-38(14-22(29)30)37-24(21)25(39)32-5/h8-11,13,22,34H,14-16H2,1-7H3,(H,32,39)(H,33,35,36)/q-1. The topological polar surface area (TPSA) is 130 Å². The van der Waals surface area contributed by atoms with Crippen LogP contribution in [0.15, 0.2) is 30.6 Å². The highest BCUT2D eigenvalue weighted by Gasteiger charge is 2.38. The molecule has 0 radical (unpaired) electrons. The fourth-order valence-electron chi connectivity index (χ4n) is 4.34. The van der Waals surface area contributed by atoms with Crippen LogP contribution < -0.4 is 16.0 Å². The Labute approximate surface area is 239 Å². The summed E-state index contributed by atoms with van der Waals surface area (Å²) in [6.07, 6.45) is 0.224. The smallest absolute Gasteiger partial charge is 0.273 e. The van der Waals surface area contributed by atoms with Gasteiger partial charge >= 0.3 is 0 Å². The maximum atomic E-state index is 12.9. The summed E-state index contributed by atoms with van der Waals surface area (Å²) < 4.78 is 33.5. The van der Waals surface area contributed by atoms with Gasteiger partial charge in [-0.15, -0.1) is 18.1 Å². The zero-order chi connectivity index (χ0) is 30.2. The normalized spacial score (nSPS) is 16.7. The molecule has 0 spiro atoms. The number of alkyl halides is 2. The van der Waals surface area contributed by atoms with Gasteiger partial charge in [-0.3, -0.25) is 9.48 Å². The number of nitrogens with one attached hydrogen (secondary N) is 3. The number of anilines is 3. The molecular weight excluding hydrogens is 546 g/mol. The summed E-state index contributed by atoms with van der Waals surface area (Å²) in [4.78, 5) is 21.2. The van der Waals surface area contributed by atoms with Crippen LogP contribution in [0.3, 0.4) is 0 Å². The average molecular weight is 583 g/mol. The molecular formula is C28H36F2N8O2Si-. The zero-order valence-electron chi connectivity index (χ0n) is 24.4. The summed E-state index contributed by atoms with van der Waals surface area (Å²) in [5.41, 5.74) is 3.30. The molecule has 1 atom stereocenters. The van der Waals surface area contributed by atoms with Crippen LogP contribution in [0.4, 0.5) is 26.1 Å². The maximum absolute atomic E-state index is 12.9. The van der Waals surface area contributed by atoms with Gasteiger partial charge < -0.3 is 20.4 Å². The predicted molar refractivity (Wildman–Crippen MR) is 156 cm³/mol. The van der Waals surface area contributed by atoms with Crippen LogP contribution in [0.25, 0.3) is 11.3 Å². The lowest BCUT2D eigenvalue weighted by Gasteiger charge is -2.50. The second-order valence-electron chi connectivity index (χ2n) is 12.0. The number of rotatable bonds is 9. The number of nitrogens with zero attached hydrogens (tertiary/aromatic N) is 5. The highest BCUT2D eigenvalue weighted by atomic mass is 28.4. The molecule has 1 unspecified atom stereocenters. The van der Waals surface area contributed by atoms with Crippen molar-refractivity contribution in [3.05, 3.63) is 47.4 Å². The number of aromatic nitrogens is 4. The molecule has 2 aromatic heterocycles. The average Bonchev–Trinajstić information content (AvgIpc) is 3.46. The van der Waals surface area contributed by atoms with E-state index in [4.69, 9.17) is 4.43 Å². The Morgan fingerprint density at radius 1 is 1.34 bits per heavy atom. The number of carbonyl (C=O) groups excluding carboxylic acids is 1. The van der Waals surface area contributed by atoms with Crippen molar-refractivity contribution in [3.63, 3.8) is 0 Å². The monoisotopic (exact) mass is 582 g/mol. The number of hydrogen-bond donors (Lipinski definition) is 3. The second kappa shape index (κ2) is 11.2. The van der Waals surface area contributed by atoms with Crippen LogP contribution in [0.5, 0.6) is 0 Å². The number of hydrogen-bond acceptors (Lipinski definition) is 8. The number of amides is 1. The van der Waals surface area contributed by atoms with Crippen molar-refractivity contribution in [2.24, 2.45) is 0 Å². The Morgan fingerprint density at radius 3 is 2.71 bits per heavy atom. The summed E-state index contributed by atoms with van der Waals surface area (Å²) in [5.74, 6) is -0.397. The Balaban J connectivity index is 1.67. The Hall–Kier alpha value is -3.89. The van der Waals surface area contributed by atoms with Crippen molar-refractivity contribution in [1.29, 1.82) is 5.26 Å². The third-order valence-electron chi connectivity index (χ3n) is 7.85. The van der Waals surface area contributed by atoms with E-state index in [2.05, 4.69) is 77.9 Å². The maximum Gasteiger partial charge on any atom is 0.273 e. The molecule has 1 amide bonds. The van der Waals surface area contributed by atoms with Crippen LogP contribution in [-0.4, -0.2) is 60.6 Å². The van der Waals surface area contributed by atoms with Crippen LogP contribution >= 0.6 is 0 Å². The first-order valence-electron chi connectivity index (χ1n) is 13.3. The van der Waals surface area contributed by atoms with Gasteiger partial charge in [-0.25, -0.2) is 18.7 Å². The van der Waals surface area contributed by atoms with Crippen molar-refractivity contribution >= 4 is 31.5 Å². The summed E-state index contributed by atoms with van der Waals surface area (Å²) >= 11 is 0. The fraction of sp³-hybridized carbons (Fsp3) is 0.464. The van der Waals surface area contributed by atoms with Gasteiger partial charge in [-0.1, -0.05) is 27.7 Å². The Kier molecular flexibility index (Phi) is 8.20. The molecule has 0 bridgehead atoms. The van der Waals surface area contributed by atoms with Crippen LogP contribution in [0.2, 0.25) is 18.1 Å². The van der Waals surface area contributed by atoms with Gasteiger partial charge in [0, 0.05) is 43.6 Å². The van der Waals surface area contributed by atoms with E-state index >= 15 is 0 Å². The minimum absolute atomic E-state index is 0.0602. The number of carbonyl (C=O) groups is 1. The molecule has 3 heterocycles. The first-order valence-corrected chi connectivity index (χ1v) is 16.2. The van der Waals surface area contributed by atoms with E-state index in [0.29, 0.717) is 30.0 Å². The zero-order valence-corrected chi connectivity index (χ0v) is 25.4. The van der Waals surface area contributed by atoms with E-state index in [0.717, 1.165) is 15.9 Å². The first-order chi connectivity index (χ1) is 19.2. The lowest BCUT2D eigenvalue weighted by molar-refractivity contribution is 0.0953. The molecule has 0 fully saturated rings. The van der Waals surface area contributed by atoms with Crippen molar-refractivity contribution in [2.45, 2.75) is 64.2 Å². The van der Waals surface area contributed by atoms with E-state index < -0.39 is 27.2 Å². The van der Waals surface area contributed by atoms with Crippen LogP contribution in [0, 0.1) is 11.3 Å². The van der Waals surface area contributed by atoms with E-state index in [-0.39, 0.29) is 27.8 Å². The molecule has 10 nitrogen and oxygen atoms in total. The highest BCUT2D eigenvalue weighted by Crippen LogP contribution is 2.44. The third kappa shape index (κ3) is 6.23. The second-order valence-corrected chi connectivity index (χ2v) is 16.8. The molecule has 3 aromatic rings. The van der Waals surface area contributed by atoms with Crippen LogP contribution in [-0.2, 0) is 16.4 Å². The molecule has 1 aliphatic rings. The predicted octanol–water partition coefficient (Wildman–Crippen LogP) is 5.29. The molecule has 13 heteroatoms. The Bertz CT molecular complexity index is 1500. The SMILES string of the molecule is CNC(=O)c1nn(CC(F)F)cc1Nc1nccc(-c2cc(C#N)c3c(c2)C(C)(CO[Si-](C)(C)C(C)(C)C)CN3)n1. The molecule has 219 valence electrons. The van der Waals surface area contributed by atoms with Gasteiger partial charge in [0.05, 0.1) is 22.6 Å². The fourth-order valence-corrected chi connectivity index (χ4v) is 5.45. The minimum atomic E-state index is -2.64. The first kappa shape index (κ1) is 30.1. The molecule has 1 aromatic carbocycles. The highest BCUT2D eigenvalue weighted by molar-refractivity contribution is 6.74. The summed E-state index contributed by atoms with van der Waals surface area (Å²) in [6, 6.07) is 7.82. The van der Waals surface area contributed by atoms with Gasteiger partial charge in [0.2, 0.25) is 5.95 Å². The van der Waals surface area contributed by atoms with E-state index in [9.17, 15) is 18.8 Å². The van der Waals surface area contributed by atoms with E-state index in [1.165, 1.54) is 13.2 Å². The largest absolute Gasteiger partial charge is 0.564 e. The van der Waals surface area contributed by atoms with E-state index in [1.54, 1.807) is 18.3 Å².